The molecule has 0 aromatic heterocycles. The van der Waals surface area contributed by atoms with Crippen LogP contribution in [0.5, 0.6) is 0 Å². The van der Waals surface area contributed by atoms with Crippen molar-refractivity contribution in [2.45, 2.75) is 32.0 Å². The normalized spacial score (nSPS) is 17.6. The van der Waals surface area contributed by atoms with E-state index in [0.717, 1.165) is 24.8 Å². The molecule has 1 unspecified atom stereocenters. The Morgan fingerprint density at radius 3 is 2.62 bits per heavy atom. The lowest BCUT2D eigenvalue weighted by Gasteiger charge is -2.28. The maximum atomic E-state index is 11.5. The van der Waals surface area contributed by atoms with Crippen molar-refractivity contribution < 1.29 is 14.6 Å². The topological polar surface area (TPSA) is 46.5 Å². The molecule has 0 saturated heterocycles. The van der Waals surface area contributed by atoms with Gasteiger partial charge >= 0.3 is 5.97 Å². The number of hydrogen-bond donors (Lipinski definition) is 1. The van der Waals surface area contributed by atoms with Crippen LogP contribution in [0.15, 0.2) is 30.3 Å². The summed E-state index contributed by atoms with van der Waals surface area (Å²) >= 11 is 0. The zero-order valence-corrected chi connectivity index (χ0v) is 9.13. The molecule has 1 aliphatic carbocycles. The minimum Gasteiger partial charge on any atom is -0.459 e. The van der Waals surface area contributed by atoms with Crippen molar-refractivity contribution in [2.24, 2.45) is 5.92 Å². The summed E-state index contributed by atoms with van der Waals surface area (Å²) in [5, 5.41) is 9.64. The molecule has 1 N–H and O–H groups in total. The molecule has 1 aromatic carbocycles. The van der Waals surface area contributed by atoms with E-state index in [4.69, 9.17) is 4.74 Å². The van der Waals surface area contributed by atoms with Gasteiger partial charge in [-0.1, -0.05) is 36.8 Å². The highest BCUT2D eigenvalue weighted by Crippen LogP contribution is 2.30. The van der Waals surface area contributed by atoms with E-state index in [2.05, 4.69) is 0 Å². The summed E-state index contributed by atoms with van der Waals surface area (Å²) in [6.07, 6.45) is 2.04. The Balaban J connectivity index is 1.79. The molecule has 1 atom stereocenters. The van der Waals surface area contributed by atoms with Crippen molar-refractivity contribution in [3.63, 3.8) is 0 Å². The highest BCUT2D eigenvalue weighted by molar-refractivity contribution is 5.74. The fraction of sp³-hybridized carbons (Fsp3) is 0.462. The van der Waals surface area contributed by atoms with E-state index >= 15 is 0 Å². The van der Waals surface area contributed by atoms with Gasteiger partial charge in [-0.05, 0) is 24.3 Å². The van der Waals surface area contributed by atoms with Crippen molar-refractivity contribution >= 4 is 5.97 Å². The zero-order valence-electron chi connectivity index (χ0n) is 9.13. The number of benzene rings is 1. The molecule has 0 spiro atoms. The third-order valence-corrected chi connectivity index (χ3v) is 3.06. The number of rotatable bonds is 4. The number of hydrogen-bond acceptors (Lipinski definition) is 3. The average molecular weight is 220 g/mol. The first-order valence-electron chi connectivity index (χ1n) is 5.66. The van der Waals surface area contributed by atoms with Gasteiger partial charge in [-0.25, -0.2) is 4.79 Å². The molecule has 0 radical (unpaired) electrons. The van der Waals surface area contributed by atoms with Crippen LogP contribution >= 0.6 is 0 Å². The number of carbonyl (C=O) groups excluding carboxylic acids is 1. The van der Waals surface area contributed by atoms with Crippen LogP contribution in [0.1, 0.15) is 24.8 Å². The summed E-state index contributed by atoms with van der Waals surface area (Å²) in [6, 6.07) is 9.48. The van der Waals surface area contributed by atoms with E-state index in [9.17, 15) is 9.90 Å². The standard InChI is InChI=1S/C13H16O3/c14-12(11-7-4-8-11)13(15)16-9-10-5-2-1-3-6-10/h1-3,5-6,11-12,14H,4,7-9H2. The van der Waals surface area contributed by atoms with Gasteiger partial charge in [0.15, 0.2) is 6.10 Å². The summed E-state index contributed by atoms with van der Waals surface area (Å²) in [7, 11) is 0. The predicted molar refractivity (Wildman–Crippen MR) is 59.6 cm³/mol. The van der Waals surface area contributed by atoms with Gasteiger partial charge in [-0.2, -0.15) is 0 Å². The van der Waals surface area contributed by atoms with Crippen molar-refractivity contribution in [1.82, 2.24) is 0 Å². The van der Waals surface area contributed by atoms with E-state index in [1.165, 1.54) is 0 Å². The quantitative estimate of drug-likeness (QED) is 0.788. The van der Waals surface area contributed by atoms with Crippen LogP contribution in [0, 0.1) is 5.92 Å². The van der Waals surface area contributed by atoms with Gasteiger partial charge < -0.3 is 9.84 Å². The highest BCUT2D eigenvalue weighted by atomic mass is 16.5. The number of esters is 1. The van der Waals surface area contributed by atoms with Crippen LogP contribution in [0.2, 0.25) is 0 Å². The summed E-state index contributed by atoms with van der Waals surface area (Å²) in [4.78, 5) is 11.5. The van der Waals surface area contributed by atoms with E-state index in [0.29, 0.717) is 0 Å². The number of carbonyl (C=O) groups is 1. The molecular formula is C13H16O3. The first-order valence-corrected chi connectivity index (χ1v) is 5.66. The molecule has 0 amide bonds. The maximum Gasteiger partial charge on any atom is 0.335 e. The molecule has 16 heavy (non-hydrogen) atoms. The molecule has 0 aliphatic heterocycles. The molecule has 0 heterocycles. The monoisotopic (exact) mass is 220 g/mol. The van der Waals surface area contributed by atoms with E-state index in [1.807, 2.05) is 30.3 Å². The molecular weight excluding hydrogens is 204 g/mol. The number of aliphatic hydroxyl groups excluding tert-OH is 1. The van der Waals surface area contributed by atoms with Gasteiger partial charge in [0.05, 0.1) is 0 Å². The SMILES string of the molecule is O=C(OCc1ccccc1)C(O)C1CCC1. The van der Waals surface area contributed by atoms with Gasteiger partial charge in [-0.3, -0.25) is 0 Å². The van der Waals surface area contributed by atoms with Crippen LogP contribution < -0.4 is 0 Å². The maximum absolute atomic E-state index is 11.5. The summed E-state index contributed by atoms with van der Waals surface area (Å²) in [6.45, 7) is 0.240. The second kappa shape index (κ2) is 5.12. The minimum absolute atomic E-state index is 0.114. The van der Waals surface area contributed by atoms with Crippen LogP contribution in [0.4, 0.5) is 0 Å². The van der Waals surface area contributed by atoms with Gasteiger partial charge in [-0.15, -0.1) is 0 Å². The zero-order chi connectivity index (χ0) is 11.4. The lowest BCUT2D eigenvalue weighted by molar-refractivity contribution is -0.159. The summed E-state index contributed by atoms with van der Waals surface area (Å²) in [5.74, 6) is -0.378. The van der Waals surface area contributed by atoms with Gasteiger partial charge in [0.1, 0.15) is 6.61 Å². The van der Waals surface area contributed by atoms with Crippen LogP contribution in [0.3, 0.4) is 0 Å². The largest absolute Gasteiger partial charge is 0.459 e. The first kappa shape index (κ1) is 11.1. The Morgan fingerprint density at radius 1 is 1.38 bits per heavy atom. The summed E-state index contributed by atoms with van der Waals surface area (Å²) < 4.78 is 5.06. The second-order valence-corrected chi connectivity index (χ2v) is 4.23. The molecule has 1 fully saturated rings. The highest BCUT2D eigenvalue weighted by Gasteiger charge is 2.31. The fourth-order valence-corrected chi connectivity index (χ4v) is 1.76. The van der Waals surface area contributed by atoms with Crippen molar-refractivity contribution in [3.05, 3.63) is 35.9 Å². The van der Waals surface area contributed by atoms with E-state index in [1.54, 1.807) is 0 Å². The number of aliphatic hydroxyl groups is 1. The number of ether oxygens (including phenoxy) is 1. The Morgan fingerprint density at radius 2 is 2.06 bits per heavy atom. The molecule has 1 aromatic rings. The molecule has 0 bridgehead atoms. The predicted octanol–water partition coefficient (Wildman–Crippen LogP) is 1.89. The molecule has 1 aliphatic rings. The molecule has 3 heteroatoms. The van der Waals surface area contributed by atoms with Gasteiger partial charge in [0.25, 0.3) is 0 Å². The first-order chi connectivity index (χ1) is 7.77. The lowest BCUT2D eigenvalue weighted by Crippen LogP contribution is -2.35. The molecule has 86 valence electrons. The average Bonchev–Trinajstić information content (AvgIpc) is 2.25. The van der Waals surface area contributed by atoms with E-state index < -0.39 is 12.1 Å². The smallest absolute Gasteiger partial charge is 0.335 e. The van der Waals surface area contributed by atoms with Crippen molar-refractivity contribution in [3.8, 4) is 0 Å². The Bertz CT molecular complexity index is 343. The second-order valence-electron chi connectivity index (χ2n) is 4.23. The minimum atomic E-state index is -0.933. The van der Waals surface area contributed by atoms with Gasteiger partial charge in [0.2, 0.25) is 0 Å². The molecule has 3 nitrogen and oxygen atoms in total. The lowest BCUT2D eigenvalue weighted by atomic mass is 9.81. The third kappa shape index (κ3) is 2.61. The van der Waals surface area contributed by atoms with Crippen molar-refractivity contribution in [2.75, 3.05) is 0 Å². The van der Waals surface area contributed by atoms with Crippen LogP contribution in [-0.2, 0) is 16.1 Å². The third-order valence-electron chi connectivity index (χ3n) is 3.06. The molecule has 1 saturated carbocycles. The van der Waals surface area contributed by atoms with Crippen LogP contribution in [-0.4, -0.2) is 17.2 Å². The Kier molecular flexibility index (Phi) is 3.57. The Hall–Kier alpha value is -1.35. The van der Waals surface area contributed by atoms with E-state index in [-0.39, 0.29) is 12.5 Å². The Labute approximate surface area is 95.0 Å². The van der Waals surface area contributed by atoms with Gasteiger partial charge in [0, 0.05) is 0 Å². The van der Waals surface area contributed by atoms with Crippen LogP contribution in [0.25, 0.3) is 0 Å². The fourth-order valence-electron chi connectivity index (χ4n) is 1.76. The van der Waals surface area contributed by atoms with Crippen molar-refractivity contribution in [1.29, 1.82) is 0 Å². The summed E-state index contributed by atoms with van der Waals surface area (Å²) in [5.41, 5.74) is 0.941. The molecule has 2 rings (SSSR count).